The summed E-state index contributed by atoms with van der Waals surface area (Å²) in [6, 6.07) is 16.6. The van der Waals surface area contributed by atoms with E-state index >= 15 is 0 Å². The fraction of sp³-hybridized carbons (Fsp3) is 0.292. The van der Waals surface area contributed by atoms with Crippen molar-refractivity contribution < 1.29 is 9.18 Å². The van der Waals surface area contributed by atoms with E-state index in [0.717, 1.165) is 42.9 Å². The molecule has 0 unspecified atom stereocenters. The summed E-state index contributed by atoms with van der Waals surface area (Å²) in [5.74, 6) is 0.288. The third-order valence-electron chi connectivity index (χ3n) is 5.50. The van der Waals surface area contributed by atoms with Gasteiger partial charge in [0.2, 0.25) is 5.91 Å². The molecule has 2 aromatic heterocycles. The molecule has 0 bridgehead atoms. The molecule has 5 heteroatoms. The Bertz CT molecular complexity index is 969. The molecule has 4 rings (SSSR count). The van der Waals surface area contributed by atoms with Crippen LogP contribution in [-0.2, 0) is 17.6 Å². The predicted octanol–water partition coefficient (Wildman–Crippen LogP) is 4.16. The second-order valence-corrected chi connectivity index (χ2v) is 7.52. The SMILES string of the molecule is O=C(Cc1cccnc1)N1CCC(c2cccc(Cc3ccccc3F)n2)CC1. The fourth-order valence-corrected chi connectivity index (χ4v) is 3.87. The Kier molecular flexibility index (Phi) is 5.94. The number of nitrogens with zero attached hydrogens (tertiary/aromatic N) is 3. The molecule has 0 N–H and O–H groups in total. The molecule has 0 atom stereocenters. The minimum absolute atomic E-state index is 0.151. The molecule has 1 saturated heterocycles. The van der Waals surface area contributed by atoms with E-state index in [4.69, 9.17) is 4.98 Å². The van der Waals surface area contributed by atoms with E-state index in [1.165, 1.54) is 6.07 Å². The monoisotopic (exact) mass is 389 g/mol. The van der Waals surface area contributed by atoms with E-state index in [0.29, 0.717) is 24.3 Å². The topological polar surface area (TPSA) is 46.1 Å². The zero-order chi connectivity index (χ0) is 20.1. The lowest BCUT2D eigenvalue weighted by molar-refractivity contribution is -0.131. The van der Waals surface area contributed by atoms with Crippen molar-refractivity contribution in [3.63, 3.8) is 0 Å². The van der Waals surface area contributed by atoms with Crippen molar-refractivity contribution in [3.8, 4) is 0 Å². The van der Waals surface area contributed by atoms with Gasteiger partial charge in [0, 0.05) is 49.2 Å². The van der Waals surface area contributed by atoms with Gasteiger partial charge in [0.1, 0.15) is 5.82 Å². The number of carbonyl (C=O) groups is 1. The Labute approximate surface area is 170 Å². The Morgan fingerprint density at radius 2 is 1.86 bits per heavy atom. The first-order valence-electron chi connectivity index (χ1n) is 10.0. The lowest BCUT2D eigenvalue weighted by atomic mass is 9.92. The van der Waals surface area contributed by atoms with Gasteiger partial charge >= 0.3 is 0 Å². The predicted molar refractivity (Wildman–Crippen MR) is 110 cm³/mol. The first-order chi connectivity index (χ1) is 14.2. The van der Waals surface area contributed by atoms with Gasteiger partial charge in [-0.05, 0) is 48.2 Å². The van der Waals surface area contributed by atoms with Crippen molar-refractivity contribution in [3.05, 3.63) is 95.3 Å². The third kappa shape index (κ3) is 4.86. The molecular formula is C24H24FN3O. The summed E-state index contributed by atoms with van der Waals surface area (Å²) in [5.41, 5.74) is 3.52. The minimum Gasteiger partial charge on any atom is -0.342 e. The van der Waals surface area contributed by atoms with E-state index in [2.05, 4.69) is 4.98 Å². The zero-order valence-electron chi connectivity index (χ0n) is 16.3. The summed E-state index contributed by atoms with van der Waals surface area (Å²) in [5, 5.41) is 0. The smallest absolute Gasteiger partial charge is 0.227 e. The quantitative estimate of drug-likeness (QED) is 0.658. The fourth-order valence-electron chi connectivity index (χ4n) is 3.87. The largest absolute Gasteiger partial charge is 0.342 e. The van der Waals surface area contributed by atoms with Crippen molar-refractivity contribution >= 4 is 5.91 Å². The first-order valence-corrected chi connectivity index (χ1v) is 10.0. The Morgan fingerprint density at radius 1 is 1.03 bits per heavy atom. The van der Waals surface area contributed by atoms with Crippen LogP contribution in [0.2, 0.25) is 0 Å². The van der Waals surface area contributed by atoms with E-state index in [9.17, 15) is 9.18 Å². The highest BCUT2D eigenvalue weighted by molar-refractivity contribution is 5.78. The van der Waals surface area contributed by atoms with Crippen LogP contribution in [0.5, 0.6) is 0 Å². The molecule has 1 aromatic carbocycles. The van der Waals surface area contributed by atoms with E-state index in [1.807, 2.05) is 41.3 Å². The summed E-state index contributed by atoms with van der Waals surface area (Å²) in [6.45, 7) is 1.48. The number of hydrogen-bond acceptors (Lipinski definition) is 3. The summed E-state index contributed by atoms with van der Waals surface area (Å²) in [4.78, 5) is 23.4. The van der Waals surface area contributed by atoms with Gasteiger partial charge in [-0.2, -0.15) is 0 Å². The van der Waals surface area contributed by atoms with Crippen LogP contribution in [-0.4, -0.2) is 33.9 Å². The number of likely N-dealkylation sites (tertiary alicyclic amines) is 1. The van der Waals surface area contributed by atoms with Crippen LogP contribution in [0.4, 0.5) is 4.39 Å². The van der Waals surface area contributed by atoms with E-state index in [1.54, 1.807) is 24.5 Å². The second kappa shape index (κ2) is 8.95. The number of piperidine rings is 1. The number of benzene rings is 1. The maximum atomic E-state index is 13.9. The Morgan fingerprint density at radius 3 is 2.62 bits per heavy atom. The standard InChI is InChI=1S/C24H24FN3O/c25-22-8-2-1-6-20(22)16-21-7-3-9-23(27-21)19-10-13-28(14-11-19)24(29)15-18-5-4-12-26-17-18/h1-9,12,17,19H,10-11,13-16H2. The number of pyridine rings is 2. The van der Waals surface area contributed by atoms with Gasteiger partial charge in [-0.3, -0.25) is 14.8 Å². The van der Waals surface area contributed by atoms with Crippen molar-refractivity contribution in [1.29, 1.82) is 0 Å². The number of amides is 1. The molecule has 1 fully saturated rings. The van der Waals surface area contributed by atoms with Gasteiger partial charge in [0.15, 0.2) is 0 Å². The van der Waals surface area contributed by atoms with Crippen molar-refractivity contribution in [1.82, 2.24) is 14.9 Å². The average Bonchev–Trinajstić information content (AvgIpc) is 2.76. The summed E-state index contributed by atoms with van der Waals surface area (Å²) < 4.78 is 13.9. The van der Waals surface area contributed by atoms with E-state index in [-0.39, 0.29) is 11.7 Å². The molecule has 0 saturated carbocycles. The number of halogens is 1. The Hall–Kier alpha value is -3.08. The molecule has 1 aliphatic rings. The van der Waals surface area contributed by atoms with Crippen LogP contribution >= 0.6 is 0 Å². The summed E-state index contributed by atoms with van der Waals surface area (Å²) in [6.07, 6.45) is 6.14. The second-order valence-electron chi connectivity index (χ2n) is 7.52. The van der Waals surface area contributed by atoms with Gasteiger partial charge in [0.05, 0.1) is 6.42 Å². The number of rotatable bonds is 5. The molecule has 29 heavy (non-hydrogen) atoms. The average molecular weight is 389 g/mol. The van der Waals surface area contributed by atoms with Crippen LogP contribution in [0.3, 0.4) is 0 Å². The molecule has 0 aliphatic carbocycles. The number of hydrogen-bond donors (Lipinski definition) is 0. The maximum Gasteiger partial charge on any atom is 0.227 e. The highest BCUT2D eigenvalue weighted by atomic mass is 19.1. The lowest BCUT2D eigenvalue weighted by Gasteiger charge is -2.32. The number of carbonyl (C=O) groups excluding carboxylic acids is 1. The molecule has 0 spiro atoms. The molecule has 0 radical (unpaired) electrons. The van der Waals surface area contributed by atoms with Gasteiger partial charge < -0.3 is 4.90 Å². The number of aromatic nitrogens is 2. The molecule has 1 amide bonds. The molecule has 148 valence electrons. The molecule has 3 heterocycles. The van der Waals surface area contributed by atoms with Gasteiger partial charge in [-0.15, -0.1) is 0 Å². The highest BCUT2D eigenvalue weighted by Crippen LogP contribution is 2.27. The van der Waals surface area contributed by atoms with Crippen LogP contribution in [0.15, 0.2) is 67.0 Å². The highest BCUT2D eigenvalue weighted by Gasteiger charge is 2.24. The van der Waals surface area contributed by atoms with Crippen LogP contribution < -0.4 is 0 Å². The molecule has 1 aliphatic heterocycles. The summed E-state index contributed by atoms with van der Waals surface area (Å²) in [7, 11) is 0. The molecule has 4 nitrogen and oxygen atoms in total. The first kappa shape index (κ1) is 19.2. The molecular weight excluding hydrogens is 365 g/mol. The van der Waals surface area contributed by atoms with Crippen molar-refractivity contribution in [2.45, 2.75) is 31.6 Å². The van der Waals surface area contributed by atoms with Crippen molar-refractivity contribution in [2.24, 2.45) is 0 Å². The normalized spacial score (nSPS) is 14.7. The molecule has 3 aromatic rings. The van der Waals surface area contributed by atoms with Crippen LogP contribution in [0, 0.1) is 5.82 Å². The maximum absolute atomic E-state index is 13.9. The Balaban J connectivity index is 1.36. The van der Waals surface area contributed by atoms with Gasteiger partial charge in [-0.25, -0.2) is 4.39 Å². The van der Waals surface area contributed by atoms with Crippen LogP contribution in [0.1, 0.15) is 41.3 Å². The lowest BCUT2D eigenvalue weighted by Crippen LogP contribution is -2.39. The summed E-state index contributed by atoms with van der Waals surface area (Å²) >= 11 is 0. The van der Waals surface area contributed by atoms with Gasteiger partial charge in [-0.1, -0.05) is 30.3 Å². The van der Waals surface area contributed by atoms with Crippen molar-refractivity contribution in [2.75, 3.05) is 13.1 Å². The third-order valence-corrected chi connectivity index (χ3v) is 5.50. The minimum atomic E-state index is -0.194. The van der Waals surface area contributed by atoms with Gasteiger partial charge in [0.25, 0.3) is 0 Å². The van der Waals surface area contributed by atoms with E-state index < -0.39 is 0 Å². The van der Waals surface area contributed by atoms with Crippen LogP contribution in [0.25, 0.3) is 0 Å². The zero-order valence-corrected chi connectivity index (χ0v) is 16.3.